The first kappa shape index (κ1) is 20.4. The fourth-order valence-electron chi connectivity index (χ4n) is 4.16. The summed E-state index contributed by atoms with van der Waals surface area (Å²) in [5.74, 6) is 2.05. The summed E-state index contributed by atoms with van der Waals surface area (Å²) < 4.78 is 10.6. The lowest BCUT2D eigenvalue weighted by molar-refractivity contribution is 0.0904. The first-order chi connectivity index (χ1) is 14.6. The molecule has 1 unspecified atom stereocenters. The summed E-state index contributed by atoms with van der Waals surface area (Å²) in [7, 11) is 0. The Bertz CT molecular complexity index is 1140. The van der Waals surface area contributed by atoms with Crippen LogP contribution in [0.5, 0.6) is 0 Å². The molecule has 3 nitrogen and oxygen atoms in total. The van der Waals surface area contributed by atoms with E-state index < -0.39 is 0 Å². The number of carbonyl (C=O) groups excluding carboxylic acids is 1. The van der Waals surface area contributed by atoms with Crippen molar-refractivity contribution in [1.82, 2.24) is 0 Å². The second kappa shape index (κ2) is 8.89. The van der Waals surface area contributed by atoms with Crippen LogP contribution in [0, 0.1) is 6.92 Å². The molecule has 0 aliphatic heterocycles. The Morgan fingerprint density at radius 2 is 1.90 bits per heavy atom. The third-order valence-electron chi connectivity index (χ3n) is 5.53. The lowest BCUT2D eigenvalue weighted by Gasteiger charge is -2.30. The summed E-state index contributed by atoms with van der Waals surface area (Å²) in [6.07, 6.45) is 8.65. The van der Waals surface area contributed by atoms with Gasteiger partial charge in [0.05, 0.1) is 18.1 Å². The minimum absolute atomic E-state index is 0.330. The van der Waals surface area contributed by atoms with Crippen molar-refractivity contribution < 1.29 is 13.9 Å². The number of halogens is 1. The van der Waals surface area contributed by atoms with Crippen LogP contribution in [0.4, 0.5) is 0 Å². The van der Waals surface area contributed by atoms with E-state index in [1.807, 2.05) is 50.1 Å². The highest BCUT2D eigenvalue weighted by atomic mass is 35.5. The van der Waals surface area contributed by atoms with Gasteiger partial charge in [-0.2, -0.15) is 0 Å². The molecule has 2 aromatic carbocycles. The first-order valence-corrected chi connectivity index (χ1v) is 10.5. The monoisotopic (exact) mass is 418 g/mol. The highest BCUT2D eigenvalue weighted by molar-refractivity contribution is 6.31. The average molecular weight is 419 g/mol. The van der Waals surface area contributed by atoms with Gasteiger partial charge < -0.3 is 9.15 Å². The Balaban J connectivity index is 0.000000313. The molecule has 0 saturated carbocycles. The fourth-order valence-corrected chi connectivity index (χ4v) is 4.43. The van der Waals surface area contributed by atoms with Crippen molar-refractivity contribution in [2.24, 2.45) is 0 Å². The van der Waals surface area contributed by atoms with Gasteiger partial charge in [0.1, 0.15) is 12.0 Å². The van der Waals surface area contributed by atoms with Gasteiger partial charge in [-0.15, -0.1) is 0 Å². The third kappa shape index (κ3) is 3.80. The zero-order valence-electron chi connectivity index (χ0n) is 17.1. The zero-order chi connectivity index (χ0) is 21.1. The van der Waals surface area contributed by atoms with E-state index in [0.29, 0.717) is 12.2 Å². The Hall–Kier alpha value is -2.84. The van der Waals surface area contributed by atoms with E-state index in [0.717, 1.165) is 29.0 Å². The minimum Gasteiger partial charge on any atom is -0.472 e. The number of furan rings is 1. The van der Waals surface area contributed by atoms with Crippen LogP contribution < -0.4 is 0 Å². The number of rotatable bonds is 2. The molecular formula is C26H23ClO3. The van der Waals surface area contributed by atoms with Crippen molar-refractivity contribution in [3.8, 4) is 11.1 Å². The van der Waals surface area contributed by atoms with Crippen LogP contribution in [0.1, 0.15) is 40.8 Å². The number of hydrogen-bond acceptors (Lipinski definition) is 3. The van der Waals surface area contributed by atoms with Crippen LogP contribution in [0.15, 0.2) is 65.0 Å². The largest absolute Gasteiger partial charge is 0.472 e. The Morgan fingerprint density at radius 1 is 1.10 bits per heavy atom. The van der Waals surface area contributed by atoms with Gasteiger partial charge in [-0.25, -0.2) is 4.79 Å². The fraction of sp³-hybridized carbons (Fsp3) is 0.231. The van der Waals surface area contributed by atoms with E-state index in [2.05, 4.69) is 18.2 Å². The van der Waals surface area contributed by atoms with Gasteiger partial charge in [0.25, 0.3) is 0 Å². The molecule has 4 heteroatoms. The van der Waals surface area contributed by atoms with Crippen LogP contribution in [0.3, 0.4) is 0 Å². The molecule has 1 atom stereocenters. The number of fused-ring (bicyclic) bond motifs is 5. The summed E-state index contributed by atoms with van der Waals surface area (Å²) in [4.78, 5) is 11.4. The van der Waals surface area contributed by atoms with Crippen LogP contribution in [-0.4, -0.2) is 12.5 Å². The van der Waals surface area contributed by atoms with Gasteiger partial charge in [0, 0.05) is 11.6 Å². The highest BCUT2D eigenvalue weighted by Gasteiger charge is 2.29. The van der Waals surface area contributed by atoms with Gasteiger partial charge in [-0.05, 0) is 83.8 Å². The van der Waals surface area contributed by atoms with Crippen molar-refractivity contribution in [3.05, 3.63) is 93.4 Å². The summed E-state index contributed by atoms with van der Waals surface area (Å²) in [6, 6.07) is 12.2. The van der Waals surface area contributed by atoms with E-state index in [1.54, 1.807) is 12.5 Å². The standard InChI is InChI=1S/C21H17ClO2.C5H6O/c1-2-24-21-14(12-23)7-6-13-8-9-16-15-4-3-5-19(22)17(15)10-11-18(16)20(13)21;1-5-2-3-6-4-5/h3-9,21H,2,10-11H2,1H3;2-4H,1H3. The molecule has 1 aromatic heterocycles. The summed E-state index contributed by atoms with van der Waals surface area (Å²) >= 11 is 6.38. The van der Waals surface area contributed by atoms with E-state index in [9.17, 15) is 4.79 Å². The molecule has 2 aliphatic carbocycles. The molecule has 2 aliphatic rings. The Labute approximate surface area is 181 Å². The SMILES string of the molecule is CCOC1C(=C=O)C=Cc2ccc3c(c21)CCc1c(Cl)cccc1-3.Cc1ccoc1. The number of ether oxygens (including phenoxy) is 1. The van der Waals surface area contributed by atoms with Crippen molar-refractivity contribution in [3.63, 3.8) is 0 Å². The van der Waals surface area contributed by atoms with Crippen molar-refractivity contribution >= 4 is 23.6 Å². The smallest absolute Gasteiger partial charge is 0.131 e. The predicted octanol–water partition coefficient (Wildman–Crippen LogP) is 6.56. The number of hydrogen-bond donors (Lipinski definition) is 0. The predicted molar refractivity (Wildman–Crippen MR) is 120 cm³/mol. The maximum absolute atomic E-state index is 11.4. The summed E-state index contributed by atoms with van der Waals surface area (Å²) in [5, 5.41) is 0.825. The van der Waals surface area contributed by atoms with Crippen LogP contribution in [0.2, 0.25) is 5.02 Å². The van der Waals surface area contributed by atoms with Crippen molar-refractivity contribution in [2.75, 3.05) is 6.61 Å². The van der Waals surface area contributed by atoms with Crippen LogP contribution >= 0.6 is 11.6 Å². The molecule has 1 heterocycles. The molecule has 0 fully saturated rings. The van der Waals surface area contributed by atoms with Gasteiger partial charge in [-0.3, -0.25) is 0 Å². The van der Waals surface area contributed by atoms with Crippen LogP contribution in [0.25, 0.3) is 17.2 Å². The second-order valence-corrected chi connectivity index (χ2v) is 7.79. The van der Waals surface area contributed by atoms with Gasteiger partial charge in [0.2, 0.25) is 0 Å². The Kier molecular flexibility index (Phi) is 6.06. The molecule has 3 aromatic rings. The van der Waals surface area contributed by atoms with Gasteiger partial charge in [-0.1, -0.05) is 41.9 Å². The maximum atomic E-state index is 11.4. The van der Waals surface area contributed by atoms with Gasteiger partial charge in [0.15, 0.2) is 0 Å². The van der Waals surface area contributed by atoms with Gasteiger partial charge >= 0.3 is 0 Å². The number of benzene rings is 2. The molecule has 30 heavy (non-hydrogen) atoms. The van der Waals surface area contributed by atoms with E-state index >= 15 is 0 Å². The van der Waals surface area contributed by atoms with Crippen molar-refractivity contribution in [2.45, 2.75) is 32.8 Å². The molecule has 0 amide bonds. The molecule has 5 rings (SSSR count). The summed E-state index contributed by atoms with van der Waals surface area (Å²) in [6.45, 7) is 4.49. The second-order valence-electron chi connectivity index (χ2n) is 7.39. The molecule has 152 valence electrons. The first-order valence-electron chi connectivity index (χ1n) is 10.1. The third-order valence-corrected chi connectivity index (χ3v) is 5.88. The Morgan fingerprint density at radius 3 is 2.57 bits per heavy atom. The normalized spacial score (nSPS) is 16.0. The molecule has 0 bridgehead atoms. The van der Waals surface area contributed by atoms with Crippen LogP contribution in [-0.2, 0) is 22.4 Å². The minimum atomic E-state index is -0.330. The molecule has 0 radical (unpaired) electrons. The lowest BCUT2D eigenvalue weighted by Crippen LogP contribution is -2.17. The highest BCUT2D eigenvalue weighted by Crippen LogP contribution is 2.44. The maximum Gasteiger partial charge on any atom is 0.131 e. The molecule has 0 N–H and O–H groups in total. The van der Waals surface area contributed by atoms with Crippen molar-refractivity contribution in [1.29, 1.82) is 0 Å². The lowest BCUT2D eigenvalue weighted by atomic mass is 9.78. The topological polar surface area (TPSA) is 39.4 Å². The van der Waals surface area contributed by atoms with E-state index in [1.165, 1.54) is 27.8 Å². The quantitative estimate of drug-likeness (QED) is 0.442. The van der Waals surface area contributed by atoms with E-state index in [4.69, 9.17) is 20.8 Å². The molecular weight excluding hydrogens is 396 g/mol. The number of aryl methyl sites for hydroxylation is 1. The summed E-state index contributed by atoms with van der Waals surface area (Å²) in [5.41, 5.74) is 8.83. The zero-order valence-corrected chi connectivity index (χ0v) is 17.8. The molecule has 0 spiro atoms. The average Bonchev–Trinajstić information content (AvgIpc) is 3.25. The molecule has 0 saturated heterocycles. The van der Waals surface area contributed by atoms with E-state index in [-0.39, 0.29) is 6.10 Å².